The number of carbonyl (C=O) groups is 1. The van der Waals surface area contributed by atoms with Crippen LogP contribution in [0.1, 0.15) is 28.0 Å². The van der Waals surface area contributed by atoms with Crippen LogP contribution in [0, 0.1) is 6.92 Å². The Bertz CT molecular complexity index is 548. The number of benzene rings is 1. The molecule has 0 bridgehead atoms. The number of ketones is 1. The second kappa shape index (κ2) is 5.78. The Balaban J connectivity index is 2.11. The normalized spacial score (nSPS) is 10.3. The summed E-state index contributed by atoms with van der Waals surface area (Å²) < 4.78 is 5.39. The van der Waals surface area contributed by atoms with Gasteiger partial charge >= 0.3 is 0 Å². The van der Waals surface area contributed by atoms with Crippen LogP contribution in [0.2, 0.25) is 0 Å². The van der Waals surface area contributed by atoms with Gasteiger partial charge < -0.3 is 4.74 Å². The number of rotatable bonds is 5. The summed E-state index contributed by atoms with van der Waals surface area (Å²) in [7, 11) is 0. The first-order valence-electron chi connectivity index (χ1n) is 5.86. The summed E-state index contributed by atoms with van der Waals surface area (Å²) in [5, 5.41) is 2.92. The Hall–Kier alpha value is -1.68. The number of thiazole rings is 1. The molecule has 0 spiro atoms. The second-order valence-electron chi connectivity index (χ2n) is 3.92. The molecule has 2 rings (SSSR count). The van der Waals surface area contributed by atoms with E-state index in [2.05, 4.69) is 4.98 Å². The average Bonchev–Trinajstić information content (AvgIpc) is 2.75. The highest BCUT2D eigenvalue weighted by Crippen LogP contribution is 2.16. The number of ether oxygens (including phenoxy) is 1. The van der Waals surface area contributed by atoms with Gasteiger partial charge in [0, 0.05) is 10.9 Å². The van der Waals surface area contributed by atoms with Crippen molar-refractivity contribution in [3.63, 3.8) is 0 Å². The summed E-state index contributed by atoms with van der Waals surface area (Å²) in [6.45, 7) is 4.46. The summed E-state index contributed by atoms with van der Waals surface area (Å²) in [5.74, 6) is 0.805. The zero-order chi connectivity index (χ0) is 13.0. The number of hydrogen-bond acceptors (Lipinski definition) is 4. The van der Waals surface area contributed by atoms with Crippen molar-refractivity contribution in [2.24, 2.45) is 0 Å². The van der Waals surface area contributed by atoms with Crippen LogP contribution >= 0.6 is 11.3 Å². The Labute approximate surface area is 110 Å². The third kappa shape index (κ3) is 3.17. The van der Waals surface area contributed by atoms with Gasteiger partial charge in [0.2, 0.25) is 0 Å². The van der Waals surface area contributed by atoms with Crippen molar-refractivity contribution in [1.82, 2.24) is 4.98 Å². The zero-order valence-electron chi connectivity index (χ0n) is 10.5. The molecular formula is C14H15NO2S. The van der Waals surface area contributed by atoms with E-state index in [1.165, 1.54) is 0 Å². The van der Waals surface area contributed by atoms with Crippen molar-refractivity contribution in [3.05, 3.63) is 45.9 Å². The average molecular weight is 261 g/mol. The second-order valence-corrected chi connectivity index (χ2v) is 4.98. The third-order valence-electron chi connectivity index (χ3n) is 2.48. The van der Waals surface area contributed by atoms with Crippen molar-refractivity contribution < 1.29 is 9.53 Å². The number of carbonyl (C=O) groups excluding carboxylic acids is 1. The van der Waals surface area contributed by atoms with Gasteiger partial charge in [0.05, 0.1) is 23.7 Å². The fraction of sp³-hybridized carbons (Fsp3) is 0.286. The van der Waals surface area contributed by atoms with Crippen LogP contribution in [-0.4, -0.2) is 17.4 Å². The molecule has 0 saturated carbocycles. The molecule has 0 saturated heterocycles. The van der Waals surface area contributed by atoms with Gasteiger partial charge in [-0.25, -0.2) is 4.98 Å². The Kier molecular flexibility index (Phi) is 4.10. The van der Waals surface area contributed by atoms with E-state index in [0.717, 1.165) is 16.5 Å². The van der Waals surface area contributed by atoms with Gasteiger partial charge in [-0.15, -0.1) is 11.3 Å². The molecule has 0 aliphatic heterocycles. The number of hydrogen-bond donors (Lipinski definition) is 0. The minimum atomic E-state index is 0.0712. The molecule has 0 N–H and O–H groups in total. The summed E-state index contributed by atoms with van der Waals surface area (Å²) >= 11 is 1.56. The molecule has 0 aliphatic rings. The lowest BCUT2D eigenvalue weighted by Gasteiger charge is -2.04. The lowest BCUT2D eigenvalue weighted by Crippen LogP contribution is -2.04. The van der Waals surface area contributed by atoms with Crippen LogP contribution in [0.3, 0.4) is 0 Å². The maximum Gasteiger partial charge on any atom is 0.168 e. The van der Waals surface area contributed by atoms with Crippen molar-refractivity contribution in [1.29, 1.82) is 0 Å². The van der Waals surface area contributed by atoms with Gasteiger partial charge in [-0.3, -0.25) is 4.79 Å². The van der Waals surface area contributed by atoms with Crippen LogP contribution in [-0.2, 0) is 6.42 Å². The Morgan fingerprint density at radius 1 is 1.44 bits per heavy atom. The SMILES string of the molecule is CCOc1cccc(C(=O)Cc2csc(C)n2)c1. The van der Waals surface area contributed by atoms with E-state index in [1.54, 1.807) is 17.4 Å². The first-order chi connectivity index (χ1) is 8.69. The van der Waals surface area contributed by atoms with Crippen molar-refractivity contribution in [3.8, 4) is 5.75 Å². The highest BCUT2D eigenvalue weighted by Gasteiger charge is 2.10. The van der Waals surface area contributed by atoms with E-state index >= 15 is 0 Å². The quantitative estimate of drug-likeness (QED) is 0.775. The third-order valence-corrected chi connectivity index (χ3v) is 3.30. The van der Waals surface area contributed by atoms with Gasteiger partial charge in [-0.2, -0.15) is 0 Å². The van der Waals surface area contributed by atoms with Crippen molar-refractivity contribution >= 4 is 17.1 Å². The summed E-state index contributed by atoms with van der Waals surface area (Å²) in [6, 6.07) is 7.28. The monoisotopic (exact) mass is 261 g/mol. The Morgan fingerprint density at radius 3 is 2.94 bits per heavy atom. The van der Waals surface area contributed by atoms with E-state index in [9.17, 15) is 4.79 Å². The zero-order valence-corrected chi connectivity index (χ0v) is 11.3. The van der Waals surface area contributed by atoms with Crippen LogP contribution < -0.4 is 4.74 Å². The smallest absolute Gasteiger partial charge is 0.168 e. The molecule has 18 heavy (non-hydrogen) atoms. The summed E-state index contributed by atoms with van der Waals surface area (Å²) in [5.41, 5.74) is 1.51. The lowest BCUT2D eigenvalue weighted by molar-refractivity contribution is 0.0991. The number of aryl methyl sites for hydroxylation is 1. The number of Topliss-reactive ketones (excluding diaryl/α,β-unsaturated/α-hetero) is 1. The molecule has 0 radical (unpaired) electrons. The molecule has 0 fully saturated rings. The van der Waals surface area contributed by atoms with Gasteiger partial charge in [-0.05, 0) is 26.0 Å². The van der Waals surface area contributed by atoms with Gasteiger partial charge in [0.1, 0.15) is 5.75 Å². The number of aromatic nitrogens is 1. The minimum Gasteiger partial charge on any atom is -0.494 e. The van der Waals surface area contributed by atoms with Crippen LogP contribution in [0.4, 0.5) is 0 Å². The van der Waals surface area contributed by atoms with E-state index < -0.39 is 0 Å². The molecule has 1 heterocycles. The minimum absolute atomic E-state index is 0.0712. The summed E-state index contributed by atoms with van der Waals surface area (Å²) in [6.07, 6.45) is 0.347. The van der Waals surface area contributed by atoms with E-state index in [1.807, 2.05) is 37.4 Å². The Morgan fingerprint density at radius 2 is 2.28 bits per heavy atom. The molecule has 94 valence electrons. The predicted molar refractivity (Wildman–Crippen MR) is 72.5 cm³/mol. The molecule has 1 aromatic heterocycles. The standard InChI is InChI=1S/C14H15NO2S/c1-3-17-13-6-4-5-11(7-13)14(16)8-12-9-18-10(2)15-12/h4-7,9H,3,8H2,1-2H3. The van der Waals surface area contributed by atoms with Gasteiger partial charge in [-0.1, -0.05) is 12.1 Å². The van der Waals surface area contributed by atoms with E-state index in [0.29, 0.717) is 18.6 Å². The van der Waals surface area contributed by atoms with Crippen molar-refractivity contribution in [2.75, 3.05) is 6.61 Å². The molecule has 1 aromatic carbocycles. The van der Waals surface area contributed by atoms with E-state index in [4.69, 9.17) is 4.74 Å². The van der Waals surface area contributed by atoms with Crippen LogP contribution in [0.25, 0.3) is 0 Å². The van der Waals surface area contributed by atoms with E-state index in [-0.39, 0.29) is 5.78 Å². The number of nitrogens with zero attached hydrogens (tertiary/aromatic N) is 1. The fourth-order valence-corrected chi connectivity index (χ4v) is 2.29. The van der Waals surface area contributed by atoms with Crippen LogP contribution in [0.5, 0.6) is 5.75 Å². The van der Waals surface area contributed by atoms with Crippen molar-refractivity contribution in [2.45, 2.75) is 20.3 Å². The lowest BCUT2D eigenvalue weighted by atomic mass is 10.1. The molecule has 2 aromatic rings. The first-order valence-corrected chi connectivity index (χ1v) is 6.74. The van der Waals surface area contributed by atoms with Gasteiger partial charge in [0.25, 0.3) is 0 Å². The topological polar surface area (TPSA) is 39.2 Å². The fourth-order valence-electron chi connectivity index (χ4n) is 1.68. The molecular weight excluding hydrogens is 246 g/mol. The molecule has 0 unspecified atom stereocenters. The van der Waals surface area contributed by atoms with Crippen LogP contribution in [0.15, 0.2) is 29.6 Å². The molecule has 0 amide bonds. The first kappa shape index (κ1) is 12.8. The molecule has 0 atom stereocenters. The largest absolute Gasteiger partial charge is 0.494 e. The molecule has 0 aliphatic carbocycles. The highest BCUT2D eigenvalue weighted by atomic mass is 32.1. The molecule has 4 heteroatoms. The van der Waals surface area contributed by atoms with Gasteiger partial charge in [0.15, 0.2) is 5.78 Å². The highest BCUT2D eigenvalue weighted by molar-refractivity contribution is 7.09. The predicted octanol–water partition coefficient (Wildman–Crippen LogP) is 3.28. The maximum atomic E-state index is 12.1. The maximum absolute atomic E-state index is 12.1. The molecule has 3 nitrogen and oxygen atoms in total. The summed E-state index contributed by atoms with van der Waals surface area (Å²) in [4.78, 5) is 16.4.